The molecule has 0 aromatic rings. The van der Waals surface area contributed by atoms with E-state index in [0.717, 1.165) is 19.4 Å². The Morgan fingerprint density at radius 1 is 1.10 bits per heavy atom. The van der Waals surface area contributed by atoms with Gasteiger partial charge in [-0.05, 0) is 37.0 Å². The van der Waals surface area contributed by atoms with Gasteiger partial charge in [0.25, 0.3) is 0 Å². The van der Waals surface area contributed by atoms with E-state index < -0.39 is 0 Å². The van der Waals surface area contributed by atoms with Crippen molar-refractivity contribution >= 4 is 11.8 Å². The number of hydrogen-bond donors (Lipinski definition) is 1. The van der Waals surface area contributed by atoms with E-state index in [-0.39, 0.29) is 29.8 Å². The summed E-state index contributed by atoms with van der Waals surface area (Å²) in [7, 11) is 0. The Kier molecular flexibility index (Phi) is 4.23. The molecule has 1 saturated heterocycles. The first-order valence-electron chi connectivity index (χ1n) is 8.66. The van der Waals surface area contributed by atoms with Gasteiger partial charge in [-0.15, -0.1) is 0 Å². The zero-order valence-corrected chi connectivity index (χ0v) is 13.2. The highest BCUT2D eigenvalue weighted by molar-refractivity contribution is 5.95. The van der Waals surface area contributed by atoms with E-state index in [1.807, 2.05) is 4.90 Å². The highest BCUT2D eigenvalue weighted by atomic mass is 16.2. The van der Waals surface area contributed by atoms with Crippen molar-refractivity contribution in [3.05, 3.63) is 0 Å². The minimum atomic E-state index is -0.253. The Balaban J connectivity index is 1.68. The molecule has 4 nitrogen and oxygen atoms in total. The molecule has 1 N–H and O–H groups in total. The molecule has 3 aliphatic rings. The van der Waals surface area contributed by atoms with E-state index in [2.05, 4.69) is 12.2 Å². The largest absolute Gasteiger partial charge is 0.342 e. The smallest absolute Gasteiger partial charge is 0.245 e. The van der Waals surface area contributed by atoms with E-state index in [1.54, 1.807) is 0 Å². The van der Waals surface area contributed by atoms with E-state index >= 15 is 0 Å². The van der Waals surface area contributed by atoms with Gasteiger partial charge in [0.05, 0.1) is 6.54 Å². The SMILES string of the molecule is CC1(CN2CC(=O)NC(C3CCCCC3)C2=O)CCCC1. The maximum absolute atomic E-state index is 12.8. The van der Waals surface area contributed by atoms with Crippen LogP contribution in [0.1, 0.15) is 64.7 Å². The Hall–Kier alpha value is -1.06. The van der Waals surface area contributed by atoms with E-state index in [1.165, 1.54) is 44.9 Å². The molecule has 2 amide bonds. The summed E-state index contributed by atoms with van der Waals surface area (Å²) in [5.41, 5.74) is 0.227. The molecule has 0 bridgehead atoms. The van der Waals surface area contributed by atoms with Gasteiger partial charge in [-0.25, -0.2) is 0 Å². The van der Waals surface area contributed by atoms with Gasteiger partial charge in [0.1, 0.15) is 6.04 Å². The van der Waals surface area contributed by atoms with Crippen LogP contribution in [-0.4, -0.2) is 35.8 Å². The molecule has 0 aromatic heterocycles. The second-order valence-corrected chi connectivity index (χ2v) is 7.66. The number of nitrogens with one attached hydrogen (secondary N) is 1. The molecule has 0 aromatic carbocycles. The summed E-state index contributed by atoms with van der Waals surface area (Å²) in [6.07, 6.45) is 10.7. The molecule has 21 heavy (non-hydrogen) atoms. The fraction of sp³-hybridized carbons (Fsp3) is 0.882. The third kappa shape index (κ3) is 3.24. The fourth-order valence-electron chi connectivity index (χ4n) is 4.50. The van der Waals surface area contributed by atoms with Crippen LogP contribution in [0.5, 0.6) is 0 Å². The molecule has 1 heterocycles. The normalized spacial score (nSPS) is 30.5. The third-order valence-electron chi connectivity index (χ3n) is 5.73. The van der Waals surface area contributed by atoms with Gasteiger partial charge in [0, 0.05) is 6.54 Å². The number of piperazine rings is 1. The van der Waals surface area contributed by atoms with Crippen LogP contribution in [0, 0.1) is 11.3 Å². The van der Waals surface area contributed by atoms with Crippen molar-refractivity contribution in [3.63, 3.8) is 0 Å². The summed E-state index contributed by atoms with van der Waals surface area (Å²) in [6.45, 7) is 3.30. The van der Waals surface area contributed by atoms with Gasteiger partial charge in [-0.3, -0.25) is 9.59 Å². The standard InChI is InChI=1S/C17H28N2O2/c1-17(9-5-6-10-17)12-19-11-14(20)18-15(16(19)21)13-7-3-2-4-8-13/h13,15H,2-12H2,1H3,(H,18,20). The van der Waals surface area contributed by atoms with Crippen molar-refractivity contribution in [1.82, 2.24) is 10.2 Å². The van der Waals surface area contributed by atoms with Crippen molar-refractivity contribution in [1.29, 1.82) is 0 Å². The van der Waals surface area contributed by atoms with E-state index in [0.29, 0.717) is 5.92 Å². The van der Waals surface area contributed by atoms with Gasteiger partial charge in [0.2, 0.25) is 11.8 Å². The minimum Gasteiger partial charge on any atom is -0.342 e. The third-order valence-corrected chi connectivity index (χ3v) is 5.73. The molecule has 1 aliphatic heterocycles. The van der Waals surface area contributed by atoms with Gasteiger partial charge >= 0.3 is 0 Å². The number of rotatable bonds is 3. The first kappa shape index (κ1) is 14.9. The number of hydrogen-bond acceptors (Lipinski definition) is 2. The Labute approximate surface area is 127 Å². The summed E-state index contributed by atoms with van der Waals surface area (Å²) in [4.78, 5) is 26.7. The van der Waals surface area contributed by atoms with Crippen LogP contribution in [-0.2, 0) is 9.59 Å². The maximum Gasteiger partial charge on any atom is 0.245 e. The molecule has 4 heteroatoms. The molecule has 0 radical (unpaired) electrons. The molecule has 1 atom stereocenters. The number of carbonyl (C=O) groups is 2. The second-order valence-electron chi connectivity index (χ2n) is 7.66. The van der Waals surface area contributed by atoms with Crippen molar-refractivity contribution in [3.8, 4) is 0 Å². The lowest BCUT2D eigenvalue weighted by molar-refractivity contribution is -0.147. The lowest BCUT2D eigenvalue weighted by Crippen LogP contribution is -2.61. The molecule has 2 saturated carbocycles. The molecule has 1 unspecified atom stereocenters. The van der Waals surface area contributed by atoms with E-state index in [4.69, 9.17) is 0 Å². The Morgan fingerprint density at radius 2 is 1.76 bits per heavy atom. The van der Waals surface area contributed by atoms with Gasteiger partial charge in [-0.2, -0.15) is 0 Å². The number of amides is 2. The van der Waals surface area contributed by atoms with E-state index in [9.17, 15) is 9.59 Å². The first-order chi connectivity index (χ1) is 10.1. The molecule has 118 valence electrons. The predicted octanol–water partition coefficient (Wildman–Crippen LogP) is 2.47. The topological polar surface area (TPSA) is 49.4 Å². The van der Waals surface area contributed by atoms with Crippen LogP contribution in [0.4, 0.5) is 0 Å². The van der Waals surface area contributed by atoms with Crippen LogP contribution >= 0.6 is 0 Å². The summed E-state index contributed by atoms with van der Waals surface area (Å²) in [6, 6.07) is -0.253. The van der Waals surface area contributed by atoms with Crippen LogP contribution in [0.3, 0.4) is 0 Å². The van der Waals surface area contributed by atoms with Crippen molar-refractivity contribution < 1.29 is 9.59 Å². The number of nitrogens with zero attached hydrogens (tertiary/aromatic N) is 1. The highest BCUT2D eigenvalue weighted by Crippen LogP contribution is 2.39. The maximum atomic E-state index is 12.8. The highest BCUT2D eigenvalue weighted by Gasteiger charge is 2.41. The van der Waals surface area contributed by atoms with Crippen molar-refractivity contribution in [2.24, 2.45) is 11.3 Å². The lowest BCUT2D eigenvalue weighted by atomic mass is 9.82. The molecule has 3 fully saturated rings. The van der Waals surface area contributed by atoms with Crippen LogP contribution in [0.25, 0.3) is 0 Å². The monoisotopic (exact) mass is 292 g/mol. The summed E-state index contributed by atoms with van der Waals surface area (Å²) in [5.74, 6) is 0.566. The zero-order valence-electron chi connectivity index (χ0n) is 13.2. The van der Waals surface area contributed by atoms with Crippen LogP contribution in [0.2, 0.25) is 0 Å². The molecule has 3 rings (SSSR count). The quantitative estimate of drug-likeness (QED) is 0.868. The van der Waals surface area contributed by atoms with Crippen LogP contribution < -0.4 is 5.32 Å². The van der Waals surface area contributed by atoms with Gasteiger partial charge in [0.15, 0.2) is 0 Å². The number of carbonyl (C=O) groups excluding carboxylic acids is 2. The molecule has 0 spiro atoms. The Bertz CT molecular complexity index is 409. The molecular weight excluding hydrogens is 264 g/mol. The molecular formula is C17H28N2O2. The average Bonchev–Trinajstić information content (AvgIpc) is 2.90. The van der Waals surface area contributed by atoms with Gasteiger partial charge < -0.3 is 10.2 Å². The molecule has 2 aliphatic carbocycles. The Morgan fingerprint density at radius 3 is 2.43 bits per heavy atom. The summed E-state index contributed by atoms with van der Waals surface area (Å²) < 4.78 is 0. The predicted molar refractivity (Wildman–Crippen MR) is 81.7 cm³/mol. The van der Waals surface area contributed by atoms with Crippen molar-refractivity contribution in [2.45, 2.75) is 70.8 Å². The summed E-state index contributed by atoms with van der Waals surface area (Å²) in [5, 5.41) is 2.97. The van der Waals surface area contributed by atoms with Gasteiger partial charge in [-0.1, -0.05) is 39.0 Å². The first-order valence-corrected chi connectivity index (χ1v) is 8.66. The minimum absolute atomic E-state index is 0.0340. The zero-order chi connectivity index (χ0) is 14.9. The lowest BCUT2D eigenvalue weighted by Gasteiger charge is -2.40. The van der Waals surface area contributed by atoms with Crippen molar-refractivity contribution in [2.75, 3.05) is 13.1 Å². The summed E-state index contributed by atoms with van der Waals surface area (Å²) >= 11 is 0. The fourth-order valence-corrected chi connectivity index (χ4v) is 4.50. The average molecular weight is 292 g/mol. The second kappa shape index (κ2) is 5.98. The van der Waals surface area contributed by atoms with Crippen LogP contribution in [0.15, 0.2) is 0 Å².